The summed E-state index contributed by atoms with van der Waals surface area (Å²) in [6.07, 6.45) is 0.249. The highest BCUT2D eigenvalue weighted by molar-refractivity contribution is 6.11. The number of aryl methyl sites for hydroxylation is 2. The van der Waals surface area contributed by atoms with Crippen LogP contribution in [0.4, 0.5) is 4.79 Å². The maximum atomic E-state index is 13.2. The summed E-state index contributed by atoms with van der Waals surface area (Å²) in [7, 11) is 0. The van der Waals surface area contributed by atoms with Gasteiger partial charge in [0.15, 0.2) is 23.1 Å². The number of Topliss-reactive ketones (excluding diaryl/α,β-unsaturated/α-hetero) is 1. The lowest BCUT2D eigenvalue weighted by atomic mass is 9.92. The zero-order valence-corrected chi connectivity index (χ0v) is 19.3. The van der Waals surface area contributed by atoms with Crippen molar-refractivity contribution in [3.8, 4) is 17.3 Å². The fraction of sp³-hybridized carbons (Fsp3) is 0.333. The Morgan fingerprint density at radius 1 is 1.12 bits per heavy atom. The van der Waals surface area contributed by atoms with Crippen LogP contribution in [0, 0.1) is 20.8 Å². The maximum absolute atomic E-state index is 13.2. The van der Waals surface area contributed by atoms with Crippen LogP contribution in [-0.2, 0) is 11.2 Å². The third kappa shape index (κ3) is 3.51. The van der Waals surface area contributed by atoms with Gasteiger partial charge < -0.3 is 19.3 Å². The van der Waals surface area contributed by atoms with E-state index in [4.69, 9.17) is 14.0 Å². The highest BCUT2D eigenvalue weighted by Crippen LogP contribution is 2.34. The summed E-state index contributed by atoms with van der Waals surface area (Å²) in [5.41, 5.74) is 1.49. The van der Waals surface area contributed by atoms with Crippen molar-refractivity contribution in [2.24, 2.45) is 0 Å². The molecule has 2 aliphatic heterocycles. The second kappa shape index (κ2) is 7.75. The van der Waals surface area contributed by atoms with Gasteiger partial charge in [0.2, 0.25) is 6.79 Å². The first-order valence-corrected chi connectivity index (χ1v) is 10.8. The first-order chi connectivity index (χ1) is 16.2. The van der Waals surface area contributed by atoms with Crippen LogP contribution in [0.1, 0.15) is 40.0 Å². The SMILES string of the molecule is Cc1cc(-n2c(C)cc(C(=O)CN3C(=O)N[C@](C)(Cc4ccc5c(c4)OCO5)C3=O)c2C)no1. The topological polar surface area (TPSA) is 116 Å². The number of rotatable bonds is 6. The Morgan fingerprint density at radius 3 is 2.62 bits per heavy atom. The smallest absolute Gasteiger partial charge is 0.325 e. The van der Waals surface area contributed by atoms with E-state index in [1.165, 1.54) is 0 Å². The molecule has 0 unspecified atom stereocenters. The largest absolute Gasteiger partial charge is 0.454 e. The molecule has 0 spiro atoms. The summed E-state index contributed by atoms with van der Waals surface area (Å²) in [6.45, 7) is 6.88. The summed E-state index contributed by atoms with van der Waals surface area (Å²) < 4.78 is 17.7. The molecule has 0 saturated carbocycles. The van der Waals surface area contributed by atoms with Crippen LogP contribution in [0.25, 0.3) is 5.82 Å². The van der Waals surface area contributed by atoms with E-state index in [0.717, 1.165) is 16.2 Å². The number of carbonyl (C=O) groups is 3. The minimum Gasteiger partial charge on any atom is -0.454 e. The number of nitrogens with zero attached hydrogens (tertiary/aromatic N) is 3. The molecule has 1 atom stereocenters. The molecule has 34 heavy (non-hydrogen) atoms. The van der Waals surface area contributed by atoms with Gasteiger partial charge in [-0.2, -0.15) is 0 Å². The van der Waals surface area contributed by atoms with Gasteiger partial charge in [0.25, 0.3) is 5.91 Å². The van der Waals surface area contributed by atoms with Crippen molar-refractivity contribution in [1.29, 1.82) is 0 Å². The molecule has 3 aromatic rings. The Morgan fingerprint density at radius 2 is 1.88 bits per heavy atom. The van der Waals surface area contributed by atoms with Crippen molar-refractivity contribution < 1.29 is 28.4 Å². The number of fused-ring (bicyclic) bond motifs is 1. The Kier molecular flexibility index (Phi) is 4.96. The van der Waals surface area contributed by atoms with Crippen LogP contribution >= 0.6 is 0 Å². The number of hydrogen-bond acceptors (Lipinski definition) is 7. The predicted octanol–water partition coefficient (Wildman–Crippen LogP) is 2.86. The number of aromatic nitrogens is 2. The van der Waals surface area contributed by atoms with Crippen molar-refractivity contribution in [2.45, 2.75) is 39.7 Å². The predicted molar refractivity (Wildman–Crippen MR) is 119 cm³/mol. The van der Waals surface area contributed by atoms with E-state index < -0.39 is 17.5 Å². The van der Waals surface area contributed by atoms with Gasteiger partial charge >= 0.3 is 6.03 Å². The van der Waals surface area contributed by atoms with Crippen molar-refractivity contribution >= 4 is 17.7 Å². The lowest BCUT2D eigenvalue weighted by molar-refractivity contribution is -0.130. The summed E-state index contributed by atoms with van der Waals surface area (Å²) in [5, 5.41) is 6.77. The van der Waals surface area contributed by atoms with Crippen molar-refractivity contribution in [2.75, 3.05) is 13.3 Å². The minimum atomic E-state index is -1.18. The van der Waals surface area contributed by atoms with Gasteiger partial charge in [-0.3, -0.25) is 19.1 Å². The lowest BCUT2D eigenvalue weighted by Gasteiger charge is -2.21. The normalized spacial score (nSPS) is 19.1. The number of imide groups is 1. The second-order valence-electron chi connectivity index (χ2n) is 8.86. The van der Waals surface area contributed by atoms with Gasteiger partial charge in [-0.1, -0.05) is 11.2 Å². The molecule has 2 aromatic heterocycles. The van der Waals surface area contributed by atoms with Crippen LogP contribution in [0.15, 0.2) is 34.9 Å². The number of ether oxygens (including phenoxy) is 2. The molecule has 5 rings (SSSR count). The Bertz CT molecular complexity index is 1340. The average molecular weight is 464 g/mol. The van der Waals surface area contributed by atoms with E-state index in [-0.39, 0.29) is 25.5 Å². The molecule has 0 bridgehead atoms. The zero-order chi connectivity index (χ0) is 24.2. The fourth-order valence-electron chi connectivity index (χ4n) is 4.55. The minimum absolute atomic E-state index is 0.151. The fourth-order valence-corrected chi connectivity index (χ4v) is 4.55. The van der Waals surface area contributed by atoms with E-state index in [2.05, 4.69) is 10.5 Å². The first kappa shape index (κ1) is 21.7. The van der Waals surface area contributed by atoms with Crippen molar-refractivity contribution in [1.82, 2.24) is 19.9 Å². The van der Waals surface area contributed by atoms with Gasteiger partial charge in [-0.05, 0) is 51.5 Å². The van der Waals surface area contributed by atoms with Crippen molar-refractivity contribution in [3.63, 3.8) is 0 Å². The summed E-state index contributed by atoms with van der Waals surface area (Å²) in [6, 6.07) is 8.30. The summed E-state index contributed by atoms with van der Waals surface area (Å²) in [4.78, 5) is 40.1. The number of hydrogen-bond donors (Lipinski definition) is 1. The lowest BCUT2D eigenvalue weighted by Crippen LogP contribution is -2.46. The van der Waals surface area contributed by atoms with E-state index >= 15 is 0 Å². The molecule has 1 N–H and O–H groups in total. The standard InChI is InChI=1S/C24H24N4O6/c1-13-7-17(15(3)28(13)21-8-14(2)34-26-21)18(29)11-27-22(30)24(4,25-23(27)31)10-16-5-6-19-20(9-16)33-12-32-19/h5-9H,10-12H2,1-4H3,(H,25,31)/t24-/m1/s1. The number of ketones is 1. The molecular formula is C24H24N4O6. The molecule has 4 heterocycles. The number of amides is 3. The highest BCUT2D eigenvalue weighted by Gasteiger charge is 2.48. The molecular weight excluding hydrogens is 440 g/mol. The van der Waals surface area contributed by atoms with Gasteiger partial charge in [-0.25, -0.2) is 4.79 Å². The van der Waals surface area contributed by atoms with Crippen molar-refractivity contribution in [3.05, 3.63) is 58.6 Å². The van der Waals surface area contributed by atoms with Crippen LogP contribution in [0.3, 0.4) is 0 Å². The Labute approximate surface area is 195 Å². The van der Waals surface area contributed by atoms with Crippen LogP contribution in [0.2, 0.25) is 0 Å². The quantitative estimate of drug-likeness (QED) is 0.440. The molecule has 10 nitrogen and oxygen atoms in total. The van der Waals surface area contributed by atoms with E-state index in [1.54, 1.807) is 49.6 Å². The van der Waals surface area contributed by atoms with Crippen LogP contribution in [0.5, 0.6) is 11.5 Å². The summed E-state index contributed by atoms with van der Waals surface area (Å²) in [5.74, 6) is 1.66. The monoisotopic (exact) mass is 464 g/mol. The van der Waals surface area contributed by atoms with Gasteiger partial charge in [0, 0.05) is 29.4 Å². The molecule has 0 radical (unpaired) electrons. The van der Waals surface area contributed by atoms with E-state index in [0.29, 0.717) is 34.3 Å². The average Bonchev–Trinajstić information content (AvgIpc) is 3.52. The highest BCUT2D eigenvalue weighted by atomic mass is 16.7. The summed E-state index contributed by atoms with van der Waals surface area (Å²) >= 11 is 0. The number of benzene rings is 1. The zero-order valence-electron chi connectivity index (χ0n) is 19.3. The molecule has 1 fully saturated rings. The molecule has 10 heteroatoms. The van der Waals surface area contributed by atoms with E-state index in [1.807, 2.05) is 13.0 Å². The second-order valence-corrected chi connectivity index (χ2v) is 8.86. The van der Waals surface area contributed by atoms with Gasteiger partial charge in [0.05, 0.1) is 6.54 Å². The Balaban J connectivity index is 1.34. The molecule has 1 aromatic carbocycles. The number of carbonyl (C=O) groups excluding carboxylic acids is 3. The van der Waals surface area contributed by atoms with Crippen LogP contribution in [-0.4, -0.2) is 51.2 Å². The molecule has 176 valence electrons. The number of urea groups is 1. The third-order valence-corrected chi connectivity index (χ3v) is 6.22. The van der Waals surface area contributed by atoms with E-state index in [9.17, 15) is 14.4 Å². The first-order valence-electron chi connectivity index (χ1n) is 10.8. The van der Waals surface area contributed by atoms with Gasteiger partial charge in [0.1, 0.15) is 11.3 Å². The molecule has 3 amide bonds. The molecule has 1 saturated heterocycles. The number of nitrogens with one attached hydrogen (secondary N) is 1. The third-order valence-electron chi connectivity index (χ3n) is 6.22. The Hall–Kier alpha value is -4.08. The molecule has 2 aliphatic rings. The van der Waals surface area contributed by atoms with Gasteiger partial charge in [-0.15, -0.1) is 0 Å². The van der Waals surface area contributed by atoms with Crippen LogP contribution < -0.4 is 14.8 Å². The maximum Gasteiger partial charge on any atom is 0.325 e. The molecule has 0 aliphatic carbocycles.